The van der Waals surface area contributed by atoms with Crippen LogP contribution in [0.4, 0.5) is 5.95 Å². The average molecular weight is 606 g/mol. The van der Waals surface area contributed by atoms with Gasteiger partial charge in [0.05, 0.1) is 17.1 Å². The summed E-state index contributed by atoms with van der Waals surface area (Å²) in [5, 5.41) is 0. The number of amides is 1. The van der Waals surface area contributed by atoms with E-state index >= 15 is 0 Å². The molecule has 0 saturated carbocycles. The van der Waals surface area contributed by atoms with E-state index in [4.69, 9.17) is 4.74 Å². The summed E-state index contributed by atoms with van der Waals surface area (Å²) in [6.07, 6.45) is 1.82. The zero-order chi connectivity index (χ0) is 30.9. The fraction of sp³-hybridized carbons (Fsp3) is 0.485. The van der Waals surface area contributed by atoms with E-state index in [1.807, 2.05) is 32.0 Å². The number of carbonyl (C=O) groups is 1. The number of nitrogens with zero attached hydrogens (tertiary/aromatic N) is 4. The summed E-state index contributed by atoms with van der Waals surface area (Å²) in [4.78, 5) is 27.0. The number of carbonyl (C=O) groups excluding carboxylic acids is 1. The predicted octanol–water partition coefficient (Wildman–Crippen LogP) is 5.54. The summed E-state index contributed by atoms with van der Waals surface area (Å²) in [7, 11) is -4.08. The molecule has 2 aliphatic heterocycles. The largest absolute Gasteiger partial charge is 0.471 e. The van der Waals surface area contributed by atoms with Crippen molar-refractivity contribution >= 4 is 21.9 Å². The van der Waals surface area contributed by atoms with Gasteiger partial charge in [0.1, 0.15) is 6.10 Å². The van der Waals surface area contributed by atoms with Gasteiger partial charge in [0.15, 0.2) is 0 Å². The number of rotatable bonds is 5. The second kappa shape index (κ2) is 12.2. The Morgan fingerprint density at radius 1 is 1.02 bits per heavy atom. The standard InChI is InChI=1S/C33H43N5O4S/c1-22(19-33(4,5)6)13-14-37-15-16-38-21-26(20-37)42-29-18-28(30-23(2)9-7-10-24(30)3)34-32(35-29)36-43(40,41)27-12-8-11-25(17-27)31(38)39/h7-12,17-18,22,26H,13-16,19-21H2,1-6H3,(H,34,35,36). The van der Waals surface area contributed by atoms with Crippen molar-refractivity contribution in [1.82, 2.24) is 19.8 Å². The van der Waals surface area contributed by atoms with Crippen LogP contribution in [0, 0.1) is 25.2 Å². The third-order valence-corrected chi connectivity index (χ3v) is 9.43. The molecule has 2 unspecified atom stereocenters. The molecule has 1 N–H and O–H groups in total. The maximum absolute atomic E-state index is 13.7. The second-order valence-electron chi connectivity index (χ2n) is 13.3. The smallest absolute Gasteiger partial charge is 0.264 e. The number of anilines is 1. The molecule has 0 radical (unpaired) electrons. The predicted molar refractivity (Wildman–Crippen MR) is 169 cm³/mol. The molecule has 3 heterocycles. The highest BCUT2D eigenvalue weighted by molar-refractivity contribution is 7.92. The maximum Gasteiger partial charge on any atom is 0.264 e. The third-order valence-electron chi connectivity index (χ3n) is 8.10. The van der Waals surface area contributed by atoms with Crippen LogP contribution in [0.2, 0.25) is 0 Å². The number of ether oxygens (including phenoxy) is 1. The maximum atomic E-state index is 13.7. The van der Waals surface area contributed by atoms with E-state index in [0.717, 1.165) is 36.1 Å². The van der Waals surface area contributed by atoms with Gasteiger partial charge in [-0.3, -0.25) is 9.69 Å². The van der Waals surface area contributed by atoms with Crippen LogP contribution < -0.4 is 9.46 Å². The van der Waals surface area contributed by atoms with Crippen molar-refractivity contribution in [2.24, 2.45) is 11.3 Å². The molecule has 0 aliphatic carbocycles. The van der Waals surface area contributed by atoms with Crippen molar-refractivity contribution in [3.05, 3.63) is 65.2 Å². The van der Waals surface area contributed by atoms with Gasteiger partial charge in [-0.05, 0) is 73.9 Å². The van der Waals surface area contributed by atoms with Crippen molar-refractivity contribution in [3.8, 4) is 17.1 Å². The number of aromatic nitrogens is 2. The lowest BCUT2D eigenvalue weighted by Gasteiger charge is -2.27. The average Bonchev–Trinajstić information content (AvgIpc) is 3.12. The highest BCUT2D eigenvalue weighted by Crippen LogP contribution is 2.31. The van der Waals surface area contributed by atoms with E-state index < -0.39 is 10.0 Å². The fourth-order valence-electron chi connectivity index (χ4n) is 6.25. The van der Waals surface area contributed by atoms with E-state index in [2.05, 4.69) is 47.3 Å². The normalized spacial score (nSPS) is 19.6. The Labute approximate surface area is 255 Å². The lowest BCUT2D eigenvalue weighted by molar-refractivity contribution is 0.0690. The molecule has 3 aromatic rings. The van der Waals surface area contributed by atoms with Gasteiger partial charge in [-0.2, -0.15) is 4.98 Å². The van der Waals surface area contributed by atoms with Crippen LogP contribution in [-0.4, -0.2) is 72.9 Å². The van der Waals surface area contributed by atoms with E-state index in [-0.39, 0.29) is 34.1 Å². The minimum atomic E-state index is -4.08. The molecule has 0 spiro atoms. The Kier molecular flexibility index (Phi) is 8.81. The topological polar surface area (TPSA) is 105 Å². The molecule has 2 atom stereocenters. The Balaban J connectivity index is 1.54. The van der Waals surface area contributed by atoms with Crippen molar-refractivity contribution in [2.45, 2.75) is 65.4 Å². The first-order valence-corrected chi connectivity index (χ1v) is 16.5. The molecule has 5 rings (SSSR count). The molecule has 6 bridgehead atoms. The van der Waals surface area contributed by atoms with Gasteiger partial charge < -0.3 is 9.64 Å². The van der Waals surface area contributed by atoms with Gasteiger partial charge in [0, 0.05) is 36.8 Å². The van der Waals surface area contributed by atoms with Gasteiger partial charge in [-0.1, -0.05) is 52.0 Å². The Morgan fingerprint density at radius 2 is 1.74 bits per heavy atom. The van der Waals surface area contributed by atoms with Gasteiger partial charge in [0.2, 0.25) is 11.8 Å². The Hall–Kier alpha value is -3.50. The number of benzene rings is 2. The number of sulfonamides is 1. The first-order chi connectivity index (χ1) is 20.3. The molecule has 43 heavy (non-hydrogen) atoms. The Bertz CT molecular complexity index is 1580. The van der Waals surface area contributed by atoms with Crippen molar-refractivity contribution in [1.29, 1.82) is 0 Å². The summed E-state index contributed by atoms with van der Waals surface area (Å²) in [5.74, 6) is 0.529. The fourth-order valence-corrected chi connectivity index (χ4v) is 7.24. The molecular weight excluding hydrogens is 562 g/mol. The molecule has 2 aliphatic rings. The minimum absolute atomic E-state index is 0.0259. The third kappa shape index (κ3) is 7.54. The molecule has 1 fully saturated rings. The summed E-state index contributed by atoms with van der Waals surface area (Å²) < 4.78 is 35.9. The minimum Gasteiger partial charge on any atom is -0.471 e. The number of nitrogens with one attached hydrogen (secondary N) is 1. The molecule has 1 amide bonds. The van der Waals surface area contributed by atoms with Gasteiger partial charge in [-0.15, -0.1) is 0 Å². The Morgan fingerprint density at radius 3 is 2.47 bits per heavy atom. The van der Waals surface area contributed by atoms with Crippen molar-refractivity contribution in [3.63, 3.8) is 0 Å². The summed E-state index contributed by atoms with van der Waals surface area (Å²) in [5.41, 5.74) is 4.06. The first-order valence-electron chi connectivity index (χ1n) is 15.0. The highest BCUT2D eigenvalue weighted by Gasteiger charge is 2.30. The van der Waals surface area contributed by atoms with Crippen LogP contribution in [0.25, 0.3) is 11.3 Å². The van der Waals surface area contributed by atoms with E-state index in [0.29, 0.717) is 43.4 Å². The molecule has 1 saturated heterocycles. The number of fused-ring (bicyclic) bond motifs is 6. The molecule has 10 heteroatoms. The number of aryl methyl sites for hydroxylation is 2. The monoisotopic (exact) mass is 605 g/mol. The number of hydrogen-bond donors (Lipinski definition) is 1. The molecule has 230 valence electrons. The lowest BCUT2D eigenvalue weighted by atomic mass is 9.84. The quantitative estimate of drug-likeness (QED) is 0.407. The van der Waals surface area contributed by atoms with Crippen LogP contribution in [0.15, 0.2) is 53.4 Å². The molecule has 9 nitrogen and oxygen atoms in total. The summed E-state index contributed by atoms with van der Waals surface area (Å²) >= 11 is 0. The van der Waals surface area contributed by atoms with Crippen molar-refractivity contribution in [2.75, 3.05) is 37.4 Å². The van der Waals surface area contributed by atoms with E-state index in [1.54, 1.807) is 23.1 Å². The van der Waals surface area contributed by atoms with Crippen LogP contribution in [0.1, 0.15) is 62.0 Å². The second-order valence-corrected chi connectivity index (χ2v) is 14.9. The van der Waals surface area contributed by atoms with Crippen LogP contribution in [0.3, 0.4) is 0 Å². The van der Waals surface area contributed by atoms with Gasteiger partial charge in [0.25, 0.3) is 15.9 Å². The first kappa shape index (κ1) is 30.9. The SMILES string of the molecule is Cc1cccc(C)c1-c1cc2nc(n1)NS(=O)(=O)c1cccc(c1)C(=O)N1CCN(CCC(C)CC(C)(C)C)CC(C1)O2. The van der Waals surface area contributed by atoms with Crippen molar-refractivity contribution < 1.29 is 17.9 Å². The van der Waals surface area contributed by atoms with Crippen LogP contribution >= 0.6 is 0 Å². The van der Waals surface area contributed by atoms with E-state index in [9.17, 15) is 13.2 Å². The summed E-state index contributed by atoms with van der Waals surface area (Å²) in [6, 6.07) is 13.9. The lowest BCUT2D eigenvalue weighted by Crippen LogP contribution is -2.40. The van der Waals surface area contributed by atoms with E-state index in [1.165, 1.54) is 12.1 Å². The van der Waals surface area contributed by atoms with Crippen LogP contribution in [-0.2, 0) is 10.0 Å². The highest BCUT2D eigenvalue weighted by atomic mass is 32.2. The van der Waals surface area contributed by atoms with Gasteiger partial charge >= 0.3 is 0 Å². The van der Waals surface area contributed by atoms with Gasteiger partial charge in [-0.25, -0.2) is 18.1 Å². The molecule has 2 aromatic carbocycles. The molecule has 1 aromatic heterocycles. The van der Waals surface area contributed by atoms with Crippen LogP contribution in [0.5, 0.6) is 5.88 Å². The number of hydrogen-bond acceptors (Lipinski definition) is 7. The zero-order valence-electron chi connectivity index (χ0n) is 26.1. The zero-order valence-corrected chi connectivity index (χ0v) is 26.9. The summed E-state index contributed by atoms with van der Waals surface area (Å²) in [6.45, 7) is 16.2. The molecular formula is C33H43N5O4S.